The van der Waals surface area contributed by atoms with E-state index in [4.69, 9.17) is 10.8 Å². The molecule has 0 amide bonds. The lowest BCUT2D eigenvalue weighted by molar-refractivity contribution is 0.219. The van der Waals surface area contributed by atoms with Gasteiger partial charge in [0.2, 0.25) is 0 Å². The van der Waals surface area contributed by atoms with Gasteiger partial charge in [0.25, 0.3) is 0 Å². The number of rotatable bonds is 4. The number of aliphatic hydroxyl groups is 1. The second-order valence-corrected chi connectivity index (χ2v) is 4.12. The SMILES string of the molecule is Cn1cc(N)c(NCC2(CO)CC2)n1. The quantitative estimate of drug-likeness (QED) is 0.642. The maximum atomic E-state index is 9.11. The number of hydrogen-bond donors (Lipinski definition) is 3. The summed E-state index contributed by atoms with van der Waals surface area (Å²) in [5.74, 6) is 0.715. The lowest BCUT2D eigenvalue weighted by Crippen LogP contribution is -2.19. The van der Waals surface area contributed by atoms with Crippen LogP contribution in [0.15, 0.2) is 6.20 Å². The first-order chi connectivity index (χ1) is 6.65. The molecule has 0 spiro atoms. The van der Waals surface area contributed by atoms with Crippen LogP contribution in [0.3, 0.4) is 0 Å². The van der Waals surface area contributed by atoms with Gasteiger partial charge < -0.3 is 16.2 Å². The maximum Gasteiger partial charge on any atom is 0.171 e. The van der Waals surface area contributed by atoms with Crippen LogP contribution in [0.2, 0.25) is 0 Å². The molecular formula is C9H16N4O. The lowest BCUT2D eigenvalue weighted by Gasteiger charge is -2.12. The molecule has 1 fully saturated rings. The van der Waals surface area contributed by atoms with E-state index in [0.29, 0.717) is 11.5 Å². The summed E-state index contributed by atoms with van der Waals surface area (Å²) >= 11 is 0. The number of hydrogen-bond acceptors (Lipinski definition) is 4. The zero-order chi connectivity index (χ0) is 10.2. The summed E-state index contributed by atoms with van der Waals surface area (Å²) in [5.41, 5.74) is 6.47. The first kappa shape index (κ1) is 9.33. The third-order valence-corrected chi connectivity index (χ3v) is 2.78. The predicted octanol–water partition coefficient (Wildman–Crippen LogP) is 0.187. The highest BCUT2D eigenvalue weighted by atomic mass is 16.3. The molecule has 5 heteroatoms. The Balaban J connectivity index is 1.95. The fraction of sp³-hybridized carbons (Fsp3) is 0.667. The molecule has 1 saturated carbocycles. The Bertz CT molecular complexity index is 330. The average Bonchev–Trinajstić information content (AvgIpc) is 2.86. The summed E-state index contributed by atoms with van der Waals surface area (Å²) in [5, 5.41) is 16.5. The molecule has 1 aliphatic carbocycles. The third-order valence-electron chi connectivity index (χ3n) is 2.78. The highest BCUT2D eigenvalue weighted by molar-refractivity contribution is 5.59. The van der Waals surface area contributed by atoms with Gasteiger partial charge in [-0.2, -0.15) is 5.10 Å². The Morgan fingerprint density at radius 2 is 2.43 bits per heavy atom. The van der Waals surface area contributed by atoms with Gasteiger partial charge >= 0.3 is 0 Å². The van der Waals surface area contributed by atoms with Crippen molar-refractivity contribution in [2.24, 2.45) is 12.5 Å². The van der Waals surface area contributed by atoms with E-state index in [2.05, 4.69) is 10.4 Å². The van der Waals surface area contributed by atoms with Crippen LogP contribution < -0.4 is 11.1 Å². The number of aryl methyl sites for hydroxylation is 1. The molecule has 1 aromatic heterocycles. The Kier molecular flexibility index (Phi) is 2.11. The second kappa shape index (κ2) is 3.16. The zero-order valence-corrected chi connectivity index (χ0v) is 8.32. The summed E-state index contributed by atoms with van der Waals surface area (Å²) in [6.07, 6.45) is 3.94. The predicted molar refractivity (Wildman–Crippen MR) is 54.9 cm³/mol. The van der Waals surface area contributed by atoms with Gasteiger partial charge in [-0.3, -0.25) is 4.68 Å². The van der Waals surface area contributed by atoms with E-state index in [1.165, 1.54) is 0 Å². The number of aliphatic hydroxyl groups excluding tert-OH is 1. The third kappa shape index (κ3) is 1.68. The van der Waals surface area contributed by atoms with Gasteiger partial charge in [-0.15, -0.1) is 0 Å². The molecule has 2 rings (SSSR count). The van der Waals surface area contributed by atoms with Crippen LogP contribution in [-0.2, 0) is 7.05 Å². The highest BCUT2D eigenvalue weighted by Crippen LogP contribution is 2.45. The second-order valence-electron chi connectivity index (χ2n) is 4.12. The Morgan fingerprint density at radius 3 is 2.86 bits per heavy atom. The molecule has 14 heavy (non-hydrogen) atoms. The van der Waals surface area contributed by atoms with Crippen molar-refractivity contribution in [1.82, 2.24) is 9.78 Å². The van der Waals surface area contributed by atoms with E-state index in [1.54, 1.807) is 10.9 Å². The smallest absolute Gasteiger partial charge is 0.171 e. The lowest BCUT2D eigenvalue weighted by atomic mass is 10.1. The first-order valence-electron chi connectivity index (χ1n) is 4.79. The summed E-state index contributed by atoms with van der Waals surface area (Å²) in [6.45, 7) is 0.997. The van der Waals surface area contributed by atoms with Crippen molar-refractivity contribution in [2.75, 3.05) is 24.2 Å². The Hall–Kier alpha value is -1.23. The maximum absolute atomic E-state index is 9.11. The van der Waals surface area contributed by atoms with Crippen molar-refractivity contribution < 1.29 is 5.11 Å². The van der Waals surface area contributed by atoms with Gasteiger partial charge in [0.05, 0.1) is 12.3 Å². The van der Waals surface area contributed by atoms with Crippen molar-refractivity contribution in [3.63, 3.8) is 0 Å². The number of nitrogen functional groups attached to an aromatic ring is 1. The first-order valence-corrected chi connectivity index (χ1v) is 4.79. The minimum atomic E-state index is 0.0873. The van der Waals surface area contributed by atoms with Crippen molar-refractivity contribution >= 4 is 11.5 Å². The standard InChI is InChI=1S/C9H16N4O/c1-13-4-7(10)8(12-13)11-5-9(6-14)2-3-9/h4,14H,2-3,5-6,10H2,1H3,(H,11,12). The van der Waals surface area contributed by atoms with Crippen molar-refractivity contribution in [1.29, 1.82) is 0 Å². The Labute approximate surface area is 82.9 Å². The molecule has 0 unspecified atom stereocenters. The van der Waals surface area contributed by atoms with E-state index in [1.807, 2.05) is 7.05 Å². The molecule has 0 radical (unpaired) electrons. The van der Waals surface area contributed by atoms with Crippen LogP contribution >= 0.6 is 0 Å². The number of aromatic nitrogens is 2. The summed E-state index contributed by atoms with van der Waals surface area (Å²) < 4.78 is 1.68. The van der Waals surface area contributed by atoms with Crippen LogP contribution in [-0.4, -0.2) is 28.0 Å². The molecule has 0 saturated heterocycles. The van der Waals surface area contributed by atoms with E-state index < -0.39 is 0 Å². The van der Waals surface area contributed by atoms with Crippen LogP contribution in [0, 0.1) is 5.41 Å². The molecule has 5 nitrogen and oxygen atoms in total. The normalized spacial score (nSPS) is 18.1. The fourth-order valence-electron chi connectivity index (χ4n) is 1.48. The molecule has 1 aromatic rings. The van der Waals surface area contributed by atoms with Crippen molar-refractivity contribution in [2.45, 2.75) is 12.8 Å². The van der Waals surface area contributed by atoms with Crippen LogP contribution in [0.1, 0.15) is 12.8 Å². The van der Waals surface area contributed by atoms with Gasteiger partial charge in [-0.25, -0.2) is 0 Å². The summed E-state index contributed by atoms with van der Waals surface area (Å²) in [4.78, 5) is 0. The van der Waals surface area contributed by atoms with Gasteiger partial charge in [0.1, 0.15) is 0 Å². The number of anilines is 2. The van der Waals surface area contributed by atoms with Crippen LogP contribution in [0.25, 0.3) is 0 Å². The molecule has 1 heterocycles. The van der Waals surface area contributed by atoms with E-state index >= 15 is 0 Å². The van der Waals surface area contributed by atoms with Crippen molar-refractivity contribution in [3.05, 3.63) is 6.20 Å². The largest absolute Gasteiger partial charge is 0.396 e. The average molecular weight is 196 g/mol. The van der Waals surface area contributed by atoms with E-state index in [0.717, 1.165) is 19.4 Å². The molecule has 0 aromatic carbocycles. The summed E-state index contributed by atoms with van der Waals surface area (Å²) in [7, 11) is 1.83. The van der Waals surface area contributed by atoms with Crippen LogP contribution in [0.5, 0.6) is 0 Å². The van der Waals surface area contributed by atoms with Gasteiger partial charge in [-0.05, 0) is 12.8 Å². The molecule has 4 N–H and O–H groups in total. The topological polar surface area (TPSA) is 76.1 Å². The number of nitrogens with one attached hydrogen (secondary N) is 1. The van der Waals surface area contributed by atoms with E-state index in [9.17, 15) is 0 Å². The summed E-state index contributed by atoms with van der Waals surface area (Å²) in [6, 6.07) is 0. The van der Waals surface area contributed by atoms with E-state index in [-0.39, 0.29) is 12.0 Å². The molecule has 1 aliphatic rings. The monoisotopic (exact) mass is 196 g/mol. The molecule has 0 atom stereocenters. The van der Waals surface area contributed by atoms with Crippen LogP contribution in [0.4, 0.5) is 11.5 Å². The molecular weight excluding hydrogens is 180 g/mol. The zero-order valence-electron chi connectivity index (χ0n) is 8.32. The highest BCUT2D eigenvalue weighted by Gasteiger charge is 2.41. The van der Waals surface area contributed by atoms with Crippen molar-refractivity contribution in [3.8, 4) is 0 Å². The number of nitrogens with zero attached hydrogens (tertiary/aromatic N) is 2. The van der Waals surface area contributed by atoms with Gasteiger partial charge in [0, 0.05) is 25.2 Å². The fourth-order valence-corrected chi connectivity index (χ4v) is 1.48. The van der Waals surface area contributed by atoms with Gasteiger partial charge in [0.15, 0.2) is 5.82 Å². The minimum absolute atomic E-state index is 0.0873. The minimum Gasteiger partial charge on any atom is -0.396 e. The molecule has 78 valence electrons. The Morgan fingerprint density at radius 1 is 1.71 bits per heavy atom. The molecule has 0 aliphatic heterocycles. The number of nitrogens with two attached hydrogens (primary N) is 1. The molecule has 0 bridgehead atoms. The van der Waals surface area contributed by atoms with Gasteiger partial charge in [-0.1, -0.05) is 0 Å².